The molecule has 0 atom stereocenters. The molecule has 22 heavy (non-hydrogen) atoms. The van der Waals surface area contributed by atoms with Crippen LogP contribution < -0.4 is 10.4 Å². The Balaban J connectivity index is 2.21. The Morgan fingerprint density at radius 1 is 0.636 bits per heavy atom. The summed E-state index contributed by atoms with van der Waals surface area (Å²) in [5.41, 5.74) is 5.37. The van der Waals surface area contributed by atoms with Crippen LogP contribution in [0.15, 0.2) is 66.7 Å². The van der Waals surface area contributed by atoms with Gasteiger partial charge in [-0.2, -0.15) is 0 Å². The number of halogens is 1. The maximum Gasteiger partial charge on any atom is 0.113 e. The highest BCUT2D eigenvalue weighted by molar-refractivity contribution is 7.02. The van der Waals surface area contributed by atoms with Crippen LogP contribution in [-0.2, 0) is 0 Å². The van der Waals surface area contributed by atoms with Gasteiger partial charge in [0.25, 0.3) is 0 Å². The predicted molar refractivity (Wildman–Crippen MR) is 99.1 cm³/mol. The standard InChI is InChI=1S/C20H17ClSi/c1-22(2)19-10-6-5-9-17(19)15-7-3-4-8-16(15)18-12-11-14(21)13-20(18)22/h3-13H,1-2H3. The molecule has 3 aromatic rings. The zero-order valence-corrected chi connectivity index (χ0v) is 14.5. The van der Waals surface area contributed by atoms with E-state index in [1.807, 2.05) is 6.07 Å². The van der Waals surface area contributed by atoms with E-state index in [-0.39, 0.29) is 0 Å². The van der Waals surface area contributed by atoms with Crippen LogP contribution in [0.3, 0.4) is 0 Å². The van der Waals surface area contributed by atoms with Crippen molar-refractivity contribution >= 4 is 30.0 Å². The van der Waals surface area contributed by atoms with E-state index >= 15 is 0 Å². The van der Waals surface area contributed by atoms with Crippen molar-refractivity contribution in [3.05, 3.63) is 71.8 Å². The fourth-order valence-electron chi connectivity index (χ4n) is 3.63. The van der Waals surface area contributed by atoms with Gasteiger partial charge in [0.2, 0.25) is 0 Å². The minimum atomic E-state index is -1.80. The quantitative estimate of drug-likeness (QED) is 0.521. The Morgan fingerprint density at radius 3 is 1.86 bits per heavy atom. The molecular formula is C20H17ClSi. The lowest BCUT2D eigenvalue weighted by atomic mass is 9.95. The van der Waals surface area contributed by atoms with Gasteiger partial charge in [0.1, 0.15) is 8.07 Å². The third-order valence-corrected chi connectivity index (χ3v) is 8.54. The van der Waals surface area contributed by atoms with Gasteiger partial charge in [-0.3, -0.25) is 0 Å². The molecule has 1 heterocycles. The summed E-state index contributed by atoms with van der Waals surface area (Å²) in [6.07, 6.45) is 0. The molecular weight excluding hydrogens is 304 g/mol. The van der Waals surface area contributed by atoms with Crippen molar-refractivity contribution in [2.24, 2.45) is 0 Å². The lowest BCUT2D eigenvalue weighted by Crippen LogP contribution is -2.53. The summed E-state index contributed by atoms with van der Waals surface area (Å²) in [4.78, 5) is 0. The van der Waals surface area contributed by atoms with Gasteiger partial charge in [-0.15, -0.1) is 0 Å². The molecule has 2 heteroatoms. The summed E-state index contributed by atoms with van der Waals surface area (Å²) < 4.78 is 0. The Morgan fingerprint density at radius 2 is 1.18 bits per heavy atom. The first-order chi connectivity index (χ1) is 10.6. The number of benzene rings is 3. The van der Waals surface area contributed by atoms with Crippen LogP contribution >= 0.6 is 11.6 Å². The van der Waals surface area contributed by atoms with Crippen molar-refractivity contribution in [1.29, 1.82) is 0 Å². The maximum absolute atomic E-state index is 6.33. The van der Waals surface area contributed by atoms with E-state index < -0.39 is 8.07 Å². The van der Waals surface area contributed by atoms with Crippen molar-refractivity contribution in [2.45, 2.75) is 13.1 Å². The van der Waals surface area contributed by atoms with Gasteiger partial charge in [-0.25, -0.2) is 0 Å². The number of rotatable bonds is 0. The van der Waals surface area contributed by atoms with Gasteiger partial charge in [0.15, 0.2) is 0 Å². The molecule has 0 aromatic heterocycles. The fraction of sp³-hybridized carbons (Fsp3) is 0.100. The van der Waals surface area contributed by atoms with Crippen molar-refractivity contribution in [1.82, 2.24) is 0 Å². The lowest BCUT2D eigenvalue weighted by Gasteiger charge is -2.26. The second-order valence-electron chi connectivity index (χ2n) is 6.41. The third kappa shape index (κ3) is 1.89. The van der Waals surface area contributed by atoms with Crippen LogP contribution in [0.1, 0.15) is 0 Å². The summed E-state index contributed by atoms with van der Waals surface area (Å²) in [6, 6.07) is 24.0. The molecule has 0 saturated heterocycles. The Hall–Kier alpha value is -1.83. The molecule has 3 aromatic carbocycles. The first-order valence-electron chi connectivity index (χ1n) is 7.58. The molecule has 108 valence electrons. The highest BCUT2D eigenvalue weighted by atomic mass is 35.5. The molecule has 4 rings (SSSR count). The van der Waals surface area contributed by atoms with E-state index in [1.54, 1.807) is 0 Å². The highest BCUT2D eigenvalue weighted by Crippen LogP contribution is 2.35. The van der Waals surface area contributed by atoms with E-state index in [4.69, 9.17) is 11.6 Å². The van der Waals surface area contributed by atoms with Crippen LogP contribution in [0, 0.1) is 0 Å². The van der Waals surface area contributed by atoms with E-state index in [2.05, 4.69) is 73.8 Å². The third-order valence-electron chi connectivity index (χ3n) is 4.76. The maximum atomic E-state index is 6.33. The first kappa shape index (κ1) is 13.8. The molecule has 1 aliphatic heterocycles. The Bertz CT molecular complexity index is 880. The molecule has 1 aliphatic rings. The largest absolute Gasteiger partial charge is 0.113 e. The molecule has 0 bridgehead atoms. The average Bonchev–Trinajstić information content (AvgIpc) is 2.62. The zero-order valence-electron chi connectivity index (χ0n) is 12.7. The average molecular weight is 321 g/mol. The molecule has 0 fully saturated rings. The van der Waals surface area contributed by atoms with Crippen molar-refractivity contribution in [2.75, 3.05) is 0 Å². The summed E-state index contributed by atoms with van der Waals surface area (Å²) in [5, 5.41) is 3.75. The van der Waals surface area contributed by atoms with E-state index in [9.17, 15) is 0 Å². The van der Waals surface area contributed by atoms with Gasteiger partial charge in [-0.05, 0) is 44.8 Å². The number of fused-ring (bicyclic) bond motifs is 5. The van der Waals surface area contributed by atoms with Gasteiger partial charge in [-0.1, -0.05) is 79.3 Å². The molecule has 0 nitrogen and oxygen atoms in total. The smallest absolute Gasteiger partial charge is 0.0843 e. The van der Waals surface area contributed by atoms with Crippen LogP contribution in [0.4, 0.5) is 0 Å². The van der Waals surface area contributed by atoms with Crippen LogP contribution in [0.2, 0.25) is 18.1 Å². The lowest BCUT2D eigenvalue weighted by molar-refractivity contribution is 1.62. The molecule has 0 spiro atoms. The van der Waals surface area contributed by atoms with Crippen LogP contribution in [-0.4, -0.2) is 8.07 Å². The van der Waals surface area contributed by atoms with Gasteiger partial charge < -0.3 is 0 Å². The minimum Gasteiger partial charge on any atom is -0.0843 e. The van der Waals surface area contributed by atoms with Crippen molar-refractivity contribution < 1.29 is 0 Å². The van der Waals surface area contributed by atoms with Gasteiger partial charge >= 0.3 is 0 Å². The highest BCUT2D eigenvalue weighted by Gasteiger charge is 2.34. The fourth-order valence-corrected chi connectivity index (χ4v) is 7.00. The van der Waals surface area contributed by atoms with Crippen LogP contribution in [0.25, 0.3) is 22.3 Å². The molecule has 0 unspecified atom stereocenters. The molecule has 0 amide bonds. The first-order valence-corrected chi connectivity index (χ1v) is 11.0. The second kappa shape index (κ2) is 4.84. The van der Waals surface area contributed by atoms with E-state index in [0.717, 1.165) is 5.02 Å². The van der Waals surface area contributed by atoms with Gasteiger partial charge in [0.05, 0.1) is 0 Å². The van der Waals surface area contributed by atoms with E-state index in [1.165, 1.54) is 32.6 Å². The van der Waals surface area contributed by atoms with Gasteiger partial charge in [0, 0.05) is 5.02 Å². The Kier molecular flexibility index (Phi) is 3.03. The topological polar surface area (TPSA) is 0 Å². The molecule has 0 N–H and O–H groups in total. The van der Waals surface area contributed by atoms with Crippen molar-refractivity contribution in [3.63, 3.8) is 0 Å². The number of hydrogen-bond acceptors (Lipinski definition) is 0. The predicted octanol–water partition coefficient (Wildman–Crippen LogP) is 4.81. The second-order valence-corrected chi connectivity index (χ2v) is 11.2. The zero-order chi connectivity index (χ0) is 15.3. The summed E-state index contributed by atoms with van der Waals surface area (Å²) in [5.74, 6) is 0. The Labute approximate surface area is 137 Å². The molecule has 0 aliphatic carbocycles. The summed E-state index contributed by atoms with van der Waals surface area (Å²) in [7, 11) is -1.80. The monoisotopic (exact) mass is 320 g/mol. The van der Waals surface area contributed by atoms with Crippen molar-refractivity contribution in [3.8, 4) is 22.3 Å². The molecule has 0 saturated carbocycles. The minimum absolute atomic E-state index is 0.830. The SMILES string of the molecule is C[Si]1(C)c2ccccc2-c2ccccc2-c2ccc(Cl)cc21. The van der Waals surface area contributed by atoms with E-state index in [0.29, 0.717) is 0 Å². The summed E-state index contributed by atoms with van der Waals surface area (Å²) in [6.45, 7) is 4.85. The normalized spacial score (nSPS) is 14.5. The number of hydrogen-bond donors (Lipinski definition) is 0. The molecule has 0 radical (unpaired) electrons. The van der Waals surface area contributed by atoms with Crippen LogP contribution in [0.5, 0.6) is 0 Å². The summed E-state index contributed by atoms with van der Waals surface area (Å²) >= 11 is 6.33.